The van der Waals surface area contributed by atoms with E-state index in [9.17, 15) is 20.1 Å². The summed E-state index contributed by atoms with van der Waals surface area (Å²) < 4.78 is 0. The third kappa shape index (κ3) is 42.9. The molecule has 0 aromatic rings. The molecule has 0 aliphatic carbocycles. The van der Waals surface area contributed by atoms with Crippen molar-refractivity contribution < 1.29 is 20.1 Å². The van der Waals surface area contributed by atoms with Gasteiger partial charge in [0.1, 0.15) is 6.10 Å². The van der Waals surface area contributed by atoms with Gasteiger partial charge in [0, 0.05) is 0 Å². The number of nitrogens with one attached hydrogen (secondary N) is 1. The van der Waals surface area contributed by atoms with Crippen LogP contribution in [0.5, 0.6) is 0 Å². The maximum Gasteiger partial charge on any atom is 0.249 e. The largest absolute Gasteiger partial charge is 0.394 e. The third-order valence-corrected chi connectivity index (χ3v) is 12.3. The number of allylic oxidation sites excluding steroid dienone is 3. The van der Waals surface area contributed by atoms with Gasteiger partial charge >= 0.3 is 0 Å². The van der Waals surface area contributed by atoms with Crippen LogP contribution in [0.15, 0.2) is 24.3 Å². The molecule has 0 aromatic carbocycles. The topological polar surface area (TPSA) is 89.8 Å². The van der Waals surface area contributed by atoms with E-state index in [2.05, 4.69) is 31.3 Å². The van der Waals surface area contributed by atoms with E-state index in [1.54, 1.807) is 6.08 Å². The molecule has 58 heavy (non-hydrogen) atoms. The predicted molar refractivity (Wildman–Crippen MR) is 255 cm³/mol. The lowest BCUT2D eigenvalue weighted by molar-refractivity contribution is -0.131. The van der Waals surface area contributed by atoms with Crippen LogP contribution in [0.25, 0.3) is 0 Å². The summed E-state index contributed by atoms with van der Waals surface area (Å²) in [6.45, 7) is 4.19. The second kappa shape index (κ2) is 48.5. The number of aliphatic hydroxyl groups is 3. The highest BCUT2D eigenvalue weighted by atomic mass is 16.3. The van der Waals surface area contributed by atoms with Gasteiger partial charge in [-0.05, 0) is 32.1 Å². The van der Waals surface area contributed by atoms with Gasteiger partial charge in [-0.2, -0.15) is 0 Å². The zero-order chi connectivity index (χ0) is 42.3. The molecule has 0 saturated heterocycles. The molecule has 0 aliphatic heterocycles. The first-order chi connectivity index (χ1) is 28.6. The Hall–Kier alpha value is -1.17. The molecule has 0 radical (unpaired) electrons. The van der Waals surface area contributed by atoms with Crippen molar-refractivity contribution in [2.45, 2.75) is 302 Å². The Morgan fingerprint density at radius 2 is 0.707 bits per heavy atom. The Morgan fingerprint density at radius 3 is 1.05 bits per heavy atom. The Balaban J connectivity index is 3.55. The van der Waals surface area contributed by atoms with E-state index in [4.69, 9.17) is 0 Å². The number of aliphatic hydroxyl groups excluding tert-OH is 3. The normalized spacial score (nSPS) is 13.5. The summed E-state index contributed by atoms with van der Waals surface area (Å²) in [6, 6.07) is -0.811. The van der Waals surface area contributed by atoms with Gasteiger partial charge in [0.15, 0.2) is 0 Å². The molecule has 0 aliphatic rings. The van der Waals surface area contributed by atoms with Gasteiger partial charge < -0.3 is 20.6 Å². The Labute approximate surface area is 362 Å². The van der Waals surface area contributed by atoms with Crippen molar-refractivity contribution in [2.24, 2.45) is 0 Å². The first-order valence-electron chi connectivity index (χ1n) is 26.2. The highest BCUT2D eigenvalue weighted by Gasteiger charge is 2.22. The summed E-state index contributed by atoms with van der Waals surface area (Å²) in [5.41, 5.74) is 0. The monoisotopic (exact) mass is 818 g/mol. The molecule has 1 amide bonds. The number of hydrogen-bond donors (Lipinski definition) is 4. The van der Waals surface area contributed by atoms with Crippen molar-refractivity contribution in [3.63, 3.8) is 0 Å². The molecule has 3 atom stereocenters. The summed E-state index contributed by atoms with van der Waals surface area (Å²) in [6.07, 6.45) is 61.1. The Bertz CT molecular complexity index is 859. The SMILES string of the molecule is CCCCCCCCCCCC/C=C/CC/C=C/C(O)C(CO)NC(=O)C(O)CCCCCCCCCCCCCCCCCCCCCCCCCCCCCC. The highest BCUT2D eigenvalue weighted by Crippen LogP contribution is 2.17. The van der Waals surface area contributed by atoms with Gasteiger partial charge in [-0.25, -0.2) is 0 Å². The number of unbranched alkanes of at least 4 members (excludes halogenated alkanes) is 38. The maximum absolute atomic E-state index is 12.5. The van der Waals surface area contributed by atoms with Crippen LogP contribution in [0.3, 0.4) is 0 Å². The van der Waals surface area contributed by atoms with E-state index < -0.39 is 24.2 Å². The van der Waals surface area contributed by atoms with Gasteiger partial charge in [0.05, 0.1) is 18.8 Å². The van der Waals surface area contributed by atoms with Crippen LogP contribution in [0, 0.1) is 0 Å². The van der Waals surface area contributed by atoms with Crippen LogP contribution in [-0.2, 0) is 4.79 Å². The lowest BCUT2D eigenvalue weighted by Gasteiger charge is -2.21. The van der Waals surface area contributed by atoms with Crippen molar-refractivity contribution in [1.82, 2.24) is 5.32 Å². The molecule has 5 nitrogen and oxygen atoms in total. The van der Waals surface area contributed by atoms with Crippen LogP contribution in [0.1, 0.15) is 284 Å². The Kier molecular flexibility index (Phi) is 47.5. The third-order valence-electron chi connectivity index (χ3n) is 12.3. The number of carbonyl (C=O) groups is 1. The minimum Gasteiger partial charge on any atom is -0.394 e. The van der Waals surface area contributed by atoms with E-state index in [-0.39, 0.29) is 6.61 Å². The maximum atomic E-state index is 12.5. The fourth-order valence-electron chi connectivity index (χ4n) is 8.20. The highest BCUT2D eigenvalue weighted by molar-refractivity contribution is 5.80. The van der Waals surface area contributed by atoms with Crippen LogP contribution >= 0.6 is 0 Å². The number of hydrogen-bond acceptors (Lipinski definition) is 4. The number of amides is 1. The molecule has 0 saturated carbocycles. The van der Waals surface area contributed by atoms with E-state index >= 15 is 0 Å². The van der Waals surface area contributed by atoms with Gasteiger partial charge in [-0.1, -0.05) is 276 Å². The van der Waals surface area contributed by atoms with E-state index in [1.165, 1.54) is 225 Å². The molecule has 4 N–H and O–H groups in total. The number of carbonyl (C=O) groups excluding carboxylic acids is 1. The van der Waals surface area contributed by atoms with E-state index in [1.807, 2.05) is 6.08 Å². The van der Waals surface area contributed by atoms with Crippen LogP contribution in [-0.4, -0.2) is 46.1 Å². The van der Waals surface area contributed by atoms with Crippen molar-refractivity contribution in [3.8, 4) is 0 Å². The van der Waals surface area contributed by atoms with Gasteiger partial charge in [-0.15, -0.1) is 0 Å². The first kappa shape index (κ1) is 56.8. The van der Waals surface area contributed by atoms with Crippen molar-refractivity contribution in [3.05, 3.63) is 24.3 Å². The zero-order valence-corrected chi connectivity index (χ0v) is 39.2. The lowest BCUT2D eigenvalue weighted by Crippen LogP contribution is -2.48. The summed E-state index contributed by atoms with van der Waals surface area (Å²) in [5, 5.41) is 33.2. The smallest absolute Gasteiger partial charge is 0.249 e. The summed E-state index contributed by atoms with van der Waals surface area (Å²) in [4.78, 5) is 12.5. The van der Waals surface area contributed by atoms with Crippen molar-refractivity contribution in [2.75, 3.05) is 6.61 Å². The standard InChI is InChI=1S/C53H103NO4/c1-3-5-7-9-11-13-15-17-19-21-22-23-24-25-26-27-28-29-30-31-32-34-36-38-40-42-44-46-48-52(57)53(58)54-50(49-55)51(56)47-45-43-41-39-37-35-33-20-18-16-14-12-10-8-6-4-2/h37,39,45,47,50-52,55-57H,3-36,38,40-44,46,48-49H2,1-2H3,(H,54,58)/b39-37+,47-45+. The fraction of sp³-hybridized carbons (Fsp3) is 0.906. The molecule has 0 rings (SSSR count). The predicted octanol–water partition coefficient (Wildman–Crippen LogP) is 15.7. The molecule has 344 valence electrons. The molecular weight excluding hydrogens is 715 g/mol. The molecule has 5 heteroatoms. The summed E-state index contributed by atoms with van der Waals surface area (Å²) in [5.74, 6) is -0.508. The molecule has 0 bridgehead atoms. The molecule has 0 spiro atoms. The van der Waals surface area contributed by atoms with Gasteiger partial charge in [0.25, 0.3) is 0 Å². The first-order valence-corrected chi connectivity index (χ1v) is 26.2. The van der Waals surface area contributed by atoms with Crippen molar-refractivity contribution in [1.29, 1.82) is 0 Å². The second-order valence-electron chi connectivity index (χ2n) is 18.1. The lowest BCUT2D eigenvalue weighted by atomic mass is 10.0. The molecule has 0 aromatic heterocycles. The second-order valence-corrected chi connectivity index (χ2v) is 18.1. The van der Waals surface area contributed by atoms with Gasteiger partial charge in [0.2, 0.25) is 5.91 Å². The van der Waals surface area contributed by atoms with E-state index in [0.717, 1.165) is 38.5 Å². The molecule has 0 fully saturated rings. The average Bonchev–Trinajstić information content (AvgIpc) is 3.23. The van der Waals surface area contributed by atoms with Crippen LogP contribution in [0.4, 0.5) is 0 Å². The summed E-state index contributed by atoms with van der Waals surface area (Å²) >= 11 is 0. The minimum absolute atomic E-state index is 0.373. The van der Waals surface area contributed by atoms with Crippen molar-refractivity contribution >= 4 is 5.91 Å². The van der Waals surface area contributed by atoms with Crippen LogP contribution in [0.2, 0.25) is 0 Å². The minimum atomic E-state index is -1.10. The summed E-state index contributed by atoms with van der Waals surface area (Å²) in [7, 11) is 0. The quantitative estimate of drug-likeness (QED) is 0.0364. The molecule has 0 heterocycles. The number of rotatable bonds is 48. The average molecular weight is 818 g/mol. The van der Waals surface area contributed by atoms with Crippen LogP contribution < -0.4 is 5.32 Å². The Morgan fingerprint density at radius 1 is 0.414 bits per heavy atom. The zero-order valence-electron chi connectivity index (χ0n) is 39.2. The van der Waals surface area contributed by atoms with E-state index in [0.29, 0.717) is 6.42 Å². The molecule has 3 unspecified atom stereocenters. The molecular formula is C53H103NO4. The fourth-order valence-corrected chi connectivity index (χ4v) is 8.20. The van der Waals surface area contributed by atoms with Gasteiger partial charge in [-0.3, -0.25) is 4.79 Å².